The maximum Gasteiger partial charge on any atom is 0.226 e. The van der Waals surface area contributed by atoms with Gasteiger partial charge >= 0.3 is 0 Å². The minimum atomic E-state index is -0.170. The lowest BCUT2D eigenvalue weighted by Crippen LogP contribution is -2.41. The third-order valence-electron chi connectivity index (χ3n) is 4.05. The van der Waals surface area contributed by atoms with E-state index in [9.17, 15) is 9.90 Å². The van der Waals surface area contributed by atoms with Crippen molar-refractivity contribution in [2.45, 2.75) is 51.2 Å². The molecule has 1 aliphatic rings. The average Bonchev–Trinajstić information content (AvgIpc) is 2.39. The number of carbonyl (C=O) groups is 1. The van der Waals surface area contributed by atoms with E-state index < -0.39 is 0 Å². The highest BCUT2D eigenvalue weighted by atomic mass is 16.3. The minimum absolute atomic E-state index is 0.170. The molecule has 1 N–H and O–H groups in total. The topological polar surface area (TPSA) is 40.5 Å². The van der Waals surface area contributed by atoms with E-state index in [-0.39, 0.29) is 12.0 Å². The first kappa shape index (κ1) is 14.1. The molecular formula is C16H23NO2. The molecule has 1 aromatic rings. The smallest absolute Gasteiger partial charge is 0.226 e. The Balaban J connectivity index is 1.92. The Morgan fingerprint density at radius 1 is 1.32 bits per heavy atom. The molecule has 0 aliphatic heterocycles. The average molecular weight is 261 g/mol. The number of nitrogens with zero attached hydrogens (tertiary/aromatic N) is 1. The van der Waals surface area contributed by atoms with Crippen molar-refractivity contribution in [3.8, 4) is 0 Å². The number of amides is 1. The van der Waals surface area contributed by atoms with Gasteiger partial charge in [-0.25, -0.2) is 0 Å². The van der Waals surface area contributed by atoms with Crippen LogP contribution in [0.2, 0.25) is 0 Å². The maximum absolute atomic E-state index is 12.3. The predicted octanol–water partition coefficient (Wildman–Crippen LogP) is 2.30. The van der Waals surface area contributed by atoms with E-state index in [4.69, 9.17) is 0 Å². The summed E-state index contributed by atoms with van der Waals surface area (Å²) >= 11 is 0. The second kappa shape index (κ2) is 6.20. The van der Waals surface area contributed by atoms with Gasteiger partial charge in [-0.05, 0) is 38.2 Å². The summed E-state index contributed by atoms with van der Waals surface area (Å²) in [7, 11) is 1.89. The fourth-order valence-corrected chi connectivity index (χ4v) is 2.77. The molecule has 3 nitrogen and oxygen atoms in total. The van der Waals surface area contributed by atoms with Crippen molar-refractivity contribution >= 4 is 5.91 Å². The molecule has 0 heterocycles. The quantitative estimate of drug-likeness (QED) is 0.907. The van der Waals surface area contributed by atoms with E-state index in [0.29, 0.717) is 12.5 Å². The van der Waals surface area contributed by atoms with Crippen LogP contribution >= 0.6 is 0 Å². The minimum Gasteiger partial charge on any atom is -0.393 e. The van der Waals surface area contributed by atoms with Crippen LogP contribution in [-0.4, -0.2) is 35.1 Å². The zero-order valence-electron chi connectivity index (χ0n) is 11.8. The van der Waals surface area contributed by atoms with Crippen molar-refractivity contribution in [3.05, 3.63) is 35.4 Å². The number of aliphatic hydroxyl groups excluding tert-OH is 1. The molecule has 0 spiro atoms. The molecule has 19 heavy (non-hydrogen) atoms. The third kappa shape index (κ3) is 3.80. The summed E-state index contributed by atoms with van der Waals surface area (Å²) in [5.41, 5.74) is 2.27. The Kier molecular flexibility index (Phi) is 4.59. The van der Waals surface area contributed by atoms with Gasteiger partial charge in [0.25, 0.3) is 0 Å². The van der Waals surface area contributed by atoms with Gasteiger partial charge in [-0.1, -0.05) is 29.8 Å². The van der Waals surface area contributed by atoms with Gasteiger partial charge in [0.2, 0.25) is 5.91 Å². The van der Waals surface area contributed by atoms with Crippen LogP contribution in [0.4, 0.5) is 0 Å². The number of aryl methyl sites for hydroxylation is 1. The second-order valence-electron chi connectivity index (χ2n) is 5.63. The molecule has 3 heteroatoms. The highest BCUT2D eigenvalue weighted by Crippen LogP contribution is 2.22. The zero-order chi connectivity index (χ0) is 13.8. The lowest BCUT2D eigenvalue weighted by atomic mass is 9.92. The highest BCUT2D eigenvalue weighted by Gasteiger charge is 2.25. The van der Waals surface area contributed by atoms with E-state index in [1.807, 2.05) is 37.1 Å². The Morgan fingerprint density at radius 3 is 2.63 bits per heavy atom. The van der Waals surface area contributed by atoms with Gasteiger partial charge in [0.05, 0.1) is 12.5 Å². The molecule has 0 bridgehead atoms. The summed E-state index contributed by atoms with van der Waals surface area (Å²) in [5, 5.41) is 9.51. The number of likely N-dealkylation sites (N-methyl/N-ethyl adjacent to an activating group) is 1. The number of carbonyl (C=O) groups excluding carboxylic acids is 1. The van der Waals surface area contributed by atoms with Gasteiger partial charge in [0.15, 0.2) is 0 Å². The van der Waals surface area contributed by atoms with Gasteiger partial charge in [0, 0.05) is 13.1 Å². The molecule has 1 amide bonds. The summed E-state index contributed by atoms with van der Waals surface area (Å²) in [5.74, 6) is 0.173. The van der Waals surface area contributed by atoms with Gasteiger partial charge in [-0.15, -0.1) is 0 Å². The van der Waals surface area contributed by atoms with Gasteiger partial charge < -0.3 is 10.0 Å². The molecule has 0 radical (unpaired) electrons. The van der Waals surface area contributed by atoms with Gasteiger partial charge in [0.1, 0.15) is 0 Å². The van der Waals surface area contributed by atoms with E-state index >= 15 is 0 Å². The molecule has 104 valence electrons. The molecule has 2 rings (SSSR count). The van der Waals surface area contributed by atoms with Gasteiger partial charge in [-0.2, -0.15) is 0 Å². The fourth-order valence-electron chi connectivity index (χ4n) is 2.77. The molecule has 1 fully saturated rings. The monoisotopic (exact) mass is 261 g/mol. The van der Waals surface area contributed by atoms with Crippen molar-refractivity contribution in [1.82, 2.24) is 4.90 Å². The predicted molar refractivity (Wildman–Crippen MR) is 75.9 cm³/mol. The number of benzene rings is 1. The lowest BCUT2D eigenvalue weighted by molar-refractivity contribution is -0.132. The highest BCUT2D eigenvalue weighted by molar-refractivity contribution is 5.78. The van der Waals surface area contributed by atoms with Crippen LogP contribution in [0.1, 0.15) is 36.8 Å². The number of hydrogen-bond acceptors (Lipinski definition) is 2. The first-order valence-corrected chi connectivity index (χ1v) is 7.05. The second-order valence-corrected chi connectivity index (χ2v) is 5.63. The first-order valence-electron chi connectivity index (χ1n) is 7.05. The number of hydrogen-bond donors (Lipinski definition) is 1. The summed E-state index contributed by atoms with van der Waals surface area (Å²) in [6.07, 6.45) is 3.75. The van der Waals surface area contributed by atoms with Crippen molar-refractivity contribution in [2.75, 3.05) is 7.05 Å². The first-order chi connectivity index (χ1) is 9.06. The lowest BCUT2D eigenvalue weighted by Gasteiger charge is -2.33. The van der Waals surface area contributed by atoms with Gasteiger partial charge in [-0.3, -0.25) is 4.79 Å². The maximum atomic E-state index is 12.3. The molecule has 1 aromatic carbocycles. The number of aliphatic hydroxyl groups is 1. The molecule has 1 saturated carbocycles. The summed E-state index contributed by atoms with van der Waals surface area (Å²) in [6, 6.07) is 8.40. The zero-order valence-corrected chi connectivity index (χ0v) is 11.8. The van der Waals surface area contributed by atoms with Crippen LogP contribution in [0.5, 0.6) is 0 Å². The molecular weight excluding hydrogens is 238 g/mol. The Labute approximate surface area is 115 Å². The standard InChI is InChI=1S/C16H23NO2/c1-12-4-3-5-13(10-12)11-16(19)17(2)14-6-8-15(18)9-7-14/h3-5,10,14-15,18H,6-9,11H2,1-2H3. The Hall–Kier alpha value is -1.35. The Morgan fingerprint density at radius 2 is 2.00 bits per heavy atom. The van der Waals surface area contributed by atoms with Crippen LogP contribution in [0, 0.1) is 6.92 Å². The Bertz CT molecular complexity index is 436. The van der Waals surface area contributed by atoms with Crippen LogP contribution in [0.3, 0.4) is 0 Å². The summed E-state index contributed by atoms with van der Waals surface area (Å²) in [4.78, 5) is 14.1. The molecule has 0 aromatic heterocycles. The van der Waals surface area contributed by atoms with Crippen LogP contribution in [0.25, 0.3) is 0 Å². The molecule has 1 aliphatic carbocycles. The summed E-state index contributed by atoms with van der Waals surface area (Å²) in [6.45, 7) is 2.04. The summed E-state index contributed by atoms with van der Waals surface area (Å²) < 4.78 is 0. The molecule has 0 unspecified atom stereocenters. The van der Waals surface area contributed by atoms with E-state index in [1.54, 1.807) is 0 Å². The van der Waals surface area contributed by atoms with Crippen molar-refractivity contribution in [1.29, 1.82) is 0 Å². The largest absolute Gasteiger partial charge is 0.393 e. The molecule has 0 atom stereocenters. The van der Waals surface area contributed by atoms with Crippen molar-refractivity contribution in [3.63, 3.8) is 0 Å². The molecule has 0 saturated heterocycles. The fraction of sp³-hybridized carbons (Fsp3) is 0.562. The van der Waals surface area contributed by atoms with E-state index in [2.05, 4.69) is 6.07 Å². The van der Waals surface area contributed by atoms with Crippen molar-refractivity contribution in [2.24, 2.45) is 0 Å². The van der Waals surface area contributed by atoms with Crippen molar-refractivity contribution < 1.29 is 9.90 Å². The normalized spacial score (nSPS) is 23.1. The van der Waals surface area contributed by atoms with Crippen LogP contribution in [0.15, 0.2) is 24.3 Å². The van der Waals surface area contributed by atoms with E-state index in [1.165, 1.54) is 5.56 Å². The van der Waals surface area contributed by atoms with E-state index in [0.717, 1.165) is 31.2 Å². The number of rotatable bonds is 3. The van der Waals surface area contributed by atoms with Crippen LogP contribution in [-0.2, 0) is 11.2 Å². The van der Waals surface area contributed by atoms with Crippen LogP contribution < -0.4 is 0 Å². The SMILES string of the molecule is Cc1cccc(CC(=O)N(C)C2CCC(O)CC2)c1. The third-order valence-corrected chi connectivity index (χ3v) is 4.05.